The van der Waals surface area contributed by atoms with E-state index >= 15 is 0 Å². The molecule has 1 N–H and O–H groups in total. The quantitative estimate of drug-likeness (QED) is 0.803. The lowest BCUT2D eigenvalue weighted by molar-refractivity contribution is 0.258. The van der Waals surface area contributed by atoms with Gasteiger partial charge >= 0.3 is 5.69 Å². The number of aromatic nitrogens is 2. The summed E-state index contributed by atoms with van der Waals surface area (Å²) in [6.07, 6.45) is 1.89. The highest BCUT2D eigenvalue weighted by atomic mass is 16.3. The Morgan fingerprint density at radius 2 is 2.29 bits per heavy atom. The Balaban J connectivity index is 2.43. The zero-order valence-electron chi connectivity index (χ0n) is 9.89. The van der Waals surface area contributed by atoms with E-state index in [0.29, 0.717) is 0 Å². The van der Waals surface area contributed by atoms with Gasteiger partial charge in [0.25, 0.3) is 0 Å². The molecule has 4 heteroatoms. The van der Waals surface area contributed by atoms with Gasteiger partial charge in [0.1, 0.15) is 0 Å². The summed E-state index contributed by atoms with van der Waals surface area (Å²) in [5.41, 5.74) is 3.13. The van der Waals surface area contributed by atoms with Gasteiger partial charge in [0.2, 0.25) is 0 Å². The van der Waals surface area contributed by atoms with Crippen molar-refractivity contribution in [3.05, 3.63) is 34.2 Å². The number of hydrogen-bond donors (Lipinski definition) is 1. The topological polar surface area (TPSA) is 47.2 Å². The Morgan fingerprint density at radius 3 is 3.06 bits per heavy atom. The molecule has 1 aromatic carbocycles. The normalized spacial score (nSPS) is 19.5. The molecule has 4 nitrogen and oxygen atoms in total. The second kappa shape index (κ2) is 3.74. The van der Waals surface area contributed by atoms with E-state index in [1.807, 2.05) is 22.8 Å². The van der Waals surface area contributed by atoms with Crippen molar-refractivity contribution in [1.82, 2.24) is 9.13 Å². The smallest absolute Gasteiger partial charge is 0.328 e. The summed E-state index contributed by atoms with van der Waals surface area (Å²) >= 11 is 0. The van der Waals surface area contributed by atoms with Gasteiger partial charge in [0.05, 0.1) is 17.6 Å². The summed E-state index contributed by atoms with van der Waals surface area (Å²) in [4.78, 5) is 12.1. The summed E-state index contributed by atoms with van der Waals surface area (Å²) in [6.45, 7) is 0.909. The second-order valence-electron chi connectivity index (χ2n) is 4.73. The fraction of sp³-hybridized carbons (Fsp3) is 0.462. The van der Waals surface area contributed by atoms with Crippen LogP contribution in [0.5, 0.6) is 0 Å². The molecule has 17 heavy (non-hydrogen) atoms. The second-order valence-corrected chi connectivity index (χ2v) is 4.73. The van der Waals surface area contributed by atoms with Crippen molar-refractivity contribution < 1.29 is 5.11 Å². The van der Waals surface area contributed by atoms with Gasteiger partial charge in [0, 0.05) is 19.5 Å². The van der Waals surface area contributed by atoms with Crippen LogP contribution in [0.25, 0.3) is 11.0 Å². The molecule has 0 bridgehead atoms. The minimum atomic E-state index is 0.0473. The zero-order chi connectivity index (χ0) is 12.0. The summed E-state index contributed by atoms with van der Waals surface area (Å²) < 4.78 is 3.54. The Labute approximate surface area is 99.1 Å². The van der Waals surface area contributed by atoms with E-state index in [0.717, 1.165) is 36.0 Å². The molecule has 1 aromatic heterocycles. The van der Waals surface area contributed by atoms with Gasteiger partial charge in [-0.3, -0.25) is 9.13 Å². The van der Waals surface area contributed by atoms with Crippen LogP contribution < -0.4 is 5.69 Å². The first-order valence-corrected chi connectivity index (χ1v) is 6.03. The van der Waals surface area contributed by atoms with Crippen LogP contribution in [0.3, 0.4) is 0 Å². The number of imidazole rings is 1. The standard InChI is InChI=1S/C13H16N2O2/c1-14-11-6-2-5-10-9(8-16)4-3-7-15(12(10)11)13(14)17/h2,5-6,9,16H,3-4,7-8H2,1H3. The number of aryl methyl sites for hydroxylation is 2. The van der Waals surface area contributed by atoms with Crippen LogP contribution in [0.1, 0.15) is 24.3 Å². The Hall–Kier alpha value is -1.55. The van der Waals surface area contributed by atoms with Crippen molar-refractivity contribution >= 4 is 11.0 Å². The van der Waals surface area contributed by atoms with E-state index in [1.54, 1.807) is 11.6 Å². The number of aliphatic hydroxyl groups is 1. The number of hydrogen-bond acceptors (Lipinski definition) is 2. The molecule has 0 saturated heterocycles. The van der Waals surface area contributed by atoms with Gasteiger partial charge in [-0.1, -0.05) is 12.1 Å². The van der Waals surface area contributed by atoms with E-state index in [9.17, 15) is 9.90 Å². The number of benzene rings is 1. The van der Waals surface area contributed by atoms with E-state index in [1.165, 1.54) is 0 Å². The maximum absolute atomic E-state index is 12.1. The highest BCUT2D eigenvalue weighted by Gasteiger charge is 2.22. The molecule has 1 aliphatic rings. The third kappa shape index (κ3) is 1.37. The average Bonchev–Trinajstić information content (AvgIpc) is 2.54. The summed E-state index contributed by atoms with van der Waals surface area (Å²) in [5, 5.41) is 9.48. The predicted molar refractivity (Wildman–Crippen MR) is 66.2 cm³/mol. The first-order chi connectivity index (χ1) is 8.24. The monoisotopic (exact) mass is 232 g/mol. The van der Waals surface area contributed by atoms with Crippen LogP contribution in [-0.2, 0) is 13.6 Å². The Bertz CT molecular complexity index is 624. The lowest BCUT2D eigenvalue weighted by Crippen LogP contribution is -2.21. The molecule has 3 rings (SSSR count). The summed E-state index contributed by atoms with van der Waals surface area (Å²) in [6, 6.07) is 5.97. The van der Waals surface area contributed by atoms with Gasteiger partial charge in [-0.25, -0.2) is 4.79 Å². The molecule has 2 heterocycles. The average molecular weight is 232 g/mol. The molecule has 2 aromatic rings. The van der Waals surface area contributed by atoms with Gasteiger partial charge in [0.15, 0.2) is 0 Å². The molecule has 0 aliphatic carbocycles. The van der Waals surface area contributed by atoms with Crippen LogP contribution in [-0.4, -0.2) is 20.8 Å². The lowest BCUT2D eigenvalue weighted by atomic mass is 9.95. The highest BCUT2D eigenvalue weighted by molar-refractivity contribution is 5.80. The molecule has 0 spiro atoms. The third-order valence-electron chi connectivity index (χ3n) is 3.79. The van der Waals surface area contributed by atoms with Gasteiger partial charge in [-0.15, -0.1) is 0 Å². The highest BCUT2D eigenvalue weighted by Crippen LogP contribution is 2.31. The number of para-hydroxylation sites is 1. The molecule has 0 saturated carbocycles. The first-order valence-electron chi connectivity index (χ1n) is 6.03. The third-order valence-corrected chi connectivity index (χ3v) is 3.79. The predicted octanol–water partition coefficient (Wildman–Crippen LogP) is 1.21. The minimum Gasteiger partial charge on any atom is -0.396 e. The van der Waals surface area contributed by atoms with Gasteiger partial charge in [-0.05, 0) is 24.5 Å². The SMILES string of the molecule is Cn1c(=O)n2c3c(cccc31)C(CO)CCC2. The minimum absolute atomic E-state index is 0.0473. The van der Waals surface area contributed by atoms with Crippen molar-refractivity contribution in [2.45, 2.75) is 25.3 Å². The maximum atomic E-state index is 12.1. The molecular weight excluding hydrogens is 216 g/mol. The molecule has 0 radical (unpaired) electrons. The van der Waals surface area contributed by atoms with Gasteiger partial charge < -0.3 is 5.11 Å². The molecule has 90 valence electrons. The molecule has 0 amide bonds. The zero-order valence-corrected chi connectivity index (χ0v) is 9.89. The van der Waals surface area contributed by atoms with Crippen molar-refractivity contribution in [3.8, 4) is 0 Å². The van der Waals surface area contributed by atoms with E-state index in [2.05, 4.69) is 0 Å². The fourth-order valence-electron chi connectivity index (χ4n) is 2.87. The first kappa shape index (κ1) is 10.6. The maximum Gasteiger partial charge on any atom is 0.328 e. The lowest BCUT2D eigenvalue weighted by Gasteiger charge is -2.12. The van der Waals surface area contributed by atoms with Crippen molar-refractivity contribution in [2.24, 2.45) is 7.05 Å². The van der Waals surface area contributed by atoms with Crippen LogP contribution in [0.2, 0.25) is 0 Å². The molecule has 0 fully saturated rings. The van der Waals surface area contributed by atoms with Crippen molar-refractivity contribution in [2.75, 3.05) is 6.61 Å². The Kier molecular flexibility index (Phi) is 2.33. The molecule has 1 unspecified atom stereocenters. The van der Waals surface area contributed by atoms with E-state index < -0.39 is 0 Å². The molecular formula is C13H16N2O2. The number of nitrogens with zero attached hydrogens (tertiary/aromatic N) is 2. The van der Waals surface area contributed by atoms with Crippen LogP contribution >= 0.6 is 0 Å². The number of rotatable bonds is 1. The number of aliphatic hydroxyl groups excluding tert-OH is 1. The summed E-state index contributed by atoms with van der Waals surface area (Å²) in [7, 11) is 1.81. The fourth-order valence-corrected chi connectivity index (χ4v) is 2.87. The van der Waals surface area contributed by atoms with Crippen molar-refractivity contribution in [3.63, 3.8) is 0 Å². The summed E-state index contributed by atoms with van der Waals surface area (Å²) in [5.74, 6) is 0.161. The Morgan fingerprint density at radius 1 is 1.47 bits per heavy atom. The van der Waals surface area contributed by atoms with Crippen LogP contribution in [0.15, 0.2) is 23.0 Å². The van der Waals surface area contributed by atoms with E-state index in [4.69, 9.17) is 0 Å². The van der Waals surface area contributed by atoms with Crippen LogP contribution in [0, 0.1) is 0 Å². The molecule has 1 atom stereocenters. The van der Waals surface area contributed by atoms with Gasteiger partial charge in [-0.2, -0.15) is 0 Å². The van der Waals surface area contributed by atoms with Crippen molar-refractivity contribution in [1.29, 1.82) is 0 Å². The van der Waals surface area contributed by atoms with E-state index in [-0.39, 0.29) is 18.2 Å². The largest absolute Gasteiger partial charge is 0.396 e. The molecule has 1 aliphatic heterocycles. The van der Waals surface area contributed by atoms with Crippen LogP contribution in [0.4, 0.5) is 0 Å².